The number of carbonyl (C=O) groups excluding carboxylic acids is 4. The van der Waals surface area contributed by atoms with Crippen LogP contribution in [0.25, 0.3) is 11.1 Å². The zero-order valence-electron chi connectivity index (χ0n) is 35.8. The highest BCUT2D eigenvalue weighted by atomic mass is 31.0. The van der Waals surface area contributed by atoms with Gasteiger partial charge in [-0.25, -0.2) is 0 Å². The summed E-state index contributed by atoms with van der Waals surface area (Å²) in [5, 5.41) is 19.6. The van der Waals surface area contributed by atoms with E-state index in [1.165, 1.54) is 13.8 Å². The molecule has 0 bridgehead atoms. The lowest BCUT2D eigenvalue weighted by Crippen LogP contribution is -2.40. The van der Waals surface area contributed by atoms with Crippen molar-refractivity contribution < 1.29 is 29.4 Å². The van der Waals surface area contributed by atoms with E-state index in [1.807, 2.05) is 167 Å². The second kappa shape index (κ2) is 25.5. The van der Waals surface area contributed by atoms with Crippen molar-refractivity contribution in [2.75, 3.05) is 0 Å². The average Bonchev–Trinajstić information content (AvgIpc) is 3.36. The fourth-order valence-corrected chi connectivity index (χ4v) is 6.71. The second-order valence-electron chi connectivity index (χ2n) is 15.2. The smallest absolute Gasteiger partial charge is 0.194 e. The Morgan fingerprint density at radius 1 is 0.429 bits per heavy atom. The lowest BCUT2D eigenvalue weighted by molar-refractivity contribution is 0.0116. The van der Waals surface area contributed by atoms with Gasteiger partial charge in [-0.15, -0.1) is 0 Å². The molecule has 1 fully saturated rings. The van der Waals surface area contributed by atoms with Gasteiger partial charge in [-0.3, -0.25) is 19.2 Å². The summed E-state index contributed by atoms with van der Waals surface area (Å²) < 4.78 is 0. The van der Waals surface area contributed by atoms with Gasteiger partial charge >= 0.3 is 0 Å². The number of aliphatic hydroxyl groups is 2. The molecular weight excluding hydrogens is 798 g/mol. The molecule has 318 valence electrons. The predicted octanol–water partition coefficient (Wildman–Crippen LogP) is 11.7. The van der Waals surface area contributed by atoms with E-state index in [0.717, 1.165) is 52.6 Å². The molecule has 1 aliphatic rings. The summed E-state index contributed by atoms with van der Waals surface area (Å²) in [6.07, 6.45) is 4.26. The SMILES string of the molecule is CC(C)(O)C(=O)c1ccccc1.O=C(c1ccccc1)C1(O)CCCCC1.O=C(c1ccccc1)c1ccc(-c2ccccc2)cc1.O=C(c1ccccc1)c1ccccc1.[B]P. The highest BCUT2D eigenvalue weighted by molar-refractivity contribution is 7.49. The molecule has 0 spiro atoms. The van der Waals surface area contributed by atoms with Crippen molar-refractivity contribution in [2.45, 2.75) is 57.2 Å². The van der Waals surface area contributed by atoms with Crippen LogP contribution >= 0.6 is 9.12 Å². The van der Waals surface area contributed by atoms with E-state index < -0.39 is 11.2 Å². The van der Waals surface area contributed by atoms with Gasteiger partial charge in [-0.05, 0) is 37.8 Å². The zero-order chi connectivity index (χ0) is 45.5. The van der Waals surface area contributed by atoms with Gasteiger partial charge in [0.15, 0.2) is 23.1 Å². The minimum absolute atomic E-state index is 0.0604. The fourth-order valence-electron chi connectivity index (χ4n) is 6.71. The van der Waals surface area contributed by atoms with Crippen LogP contribution in [0.4, 0.5) is 0 Å². The van der Waals surface area contributed by atoms with E-state index >= 15 is 0 Å². The van der Waals surface area contributed by atoms with Gasteiger partial charge in [0.25, 0.3) is 0 Å². The Morgan fingerprint density at radius 3 is 1.06 bits per heavy atom. The maximum absolute atomic E-state index is 12.3. The van der Waals surface area contributed by atoms with Crippen molar-refractivity contribution in [1.82, 2.24) is 0 Å². The molecule has 8 rings (SSSR count). The van der Waals surface area contributed by atoms with Crippen molar-refractivity contribution in [1.29, 1.82) is 0 Å². The van der Waals surface area contributed by atoms with Crippen molar-refractivity contribution in [3.8, 4) is 11.1 Å². The predicted molar refractivity (Wildman–Crippen MR) is 259 cm³/mol. The van der Waals surface area contributed by atoms with Crippen LogP contribution in [0, 0.1) is 0 Å². The molecule has 0 heterocycles. The maximum atomic E-state index is 12.3. The molecule has 2 radical (unpaired) electrons. The number of hydrogen-bond donors (Lipinski definition) is 2. The molecule has 0 amide bonds. The topological polar surface area (TPSA) is 109 Å². The Kier molecular flexibility index (Phi) is 20.0. The summed E-state index contributed by atoms with van der Waals surface area (Å²) in [5.74, 6) is -0.220. The molecule has 1 aliphatic carbocycles. The van der Waals surface area contributed by atoms with Crippen LogP contribution in [-0.4, -0.2) is 52.1 Å². The van der Waals surface area contributed by atoms with Crippen LogP contribution in [-0.2, 0) is 0 Å². The number of carbonyl (C=O) groups is 4. The molecule has 1 atom stereocenters. The number of rotatable bonds is 9. The Hall–Kier alpha value is -6.37. The molecule has 0 aromatic heterocycles. The molecule has 63 heavy (non-hydrogen) atoms. The Morgan fingerprint density at radius 2 is 0.714 bits per heavy atom. The third kappa shape index (κ3) is 15.5. The lowest BCUT2D eigenvalue weighted by atomic mass is 9.79. The van der Waals surface area contributed by atoms with Crippen LogP contribution < -0.4 is 0 Å². The molecule has 2 N–H and O–H groups in total. The molecule has 0 aliphatic heterocycles. The van der Waals surface area contributed by atoms with Crippen LogP contribution in [0.2, 0.25) is 0 Å². The van der Waals surface area contributed by atoms with Gasteiger partial charge < -0.3 is 10.2 Å². The largest absolute Gasteiger partial charge is 0.382 e. The minimum atomic E-state index is -1.28. The van der Waals surface area contributed by atoms with Crippen LogP contribution in [0.1, 0.15) is 98.5 Å². The summed E-state index contributed by atoms with van der Waals surface area (Å²) in [6, 6.07) is 63.7. The first-order valence-corrected chi connectivity index (χ1v) is 21.5. The van der Waals surface area contributed by atoms with Gasteiger partial charge in [-0.2, -0.15) is 9.12 Å². The Labute approximate surface area is 375 Å². The number of benzene rings is 7. The van der Waals surface area contributed by atoms with E-state index in [2.05, 4.69) is 19.7 Å². The molecule has 7 aromatic rings. The third-order valence-electron chi connectivity index (χ3n) is 10.1. The monoisotopic (exact) mass is 852 g/mol. The highest BCUT2D eigenvalue weighted by Crippen LogP contribution is 2.31. The normalized spacial score (nSPS) is 12.3. The maximum Gasteiger partial charge on any atom is 0.194 e. The van der Waals surface area contributed by atoms with E-state index in [4.69, 9.17) is 0 Å². The molecule has 8 heteroatoms. The van der Waals surface area contributed by atoms with Crippen molar-refractivity contribution in [3.63, 3.8) is 0 Å². The molecule has 1 saturated carbocycles. The quantitative estimate of drug-likeness (QED) is 0.0850. The zero-order valence-corrected chi connectivity index (χ0v) is 37.0. The summed E-state index contributed by atoms with van der Waals surface area (Å²) in [5.41, 5.74) is 3.99. The van der Waals surface area contributed by atoms with Gasteiger partial charge in [0, 0.05) is 33.4 Å². The standard InChI is InChI=1S/C19H14O.C13H16O2.C13H10O.C10H12O2.BH2P/c20-19(17-9-5-2-6-10-17)18-13-11-16(12-14-18)15-7-3-1-4-8-15;14-12(11-7-3-1-4-8-11)13(15)9-5-2-6-10-13;14-13(11-7-3-1-4-8-11)12-9-5-2-6-10-12;1-10(2,12)9(11)8-6-4-3-5-7-8;1-2/h1-14H;1,3-4,7-8,15H,2,5-6,9-10H2;1-10H;3-7,12H,1-2H3;2H2. The fraction of sp³-hybridized carbons (Fsp3) is 0.164. The Balaban J connectivity index is 0.000000185. The van der Waals surface area contributed by atoms with Gasteiger partial charge in [0.2, 0.25) is 0 Å². The van der Waals surface area contributed by atoms with Gasteiger partial charge in [0.05, 0.1) is 7.57 Å². The molecular formula is C55H54BO6P. The van der Waals surface area contributed by atoms with Crippen LogP contribution in [0.5, 0.6) is 0 Å². The van der Waals surface area contributed by atoms with Crippen molar-refractivity contribution in [2.24, 2.45) is 0 Å². The minimum Gasteiger partial charge on any atom is -0.382 e. The molecule has 1 unspecified atom stereocenters. The number of ketones is 4. The number of hydrogen-bond acceptors (Lipinski definition) is 6. The average molecular weight is 853 g/mol. The first-order valence-electron chi connectivity index (χ1n) is 20.8. The van der Waals surface area contributed by atoms with Crippen molar-refractivity contribution >= 4 is 39.8 Å². The third-order valence-corrected chi connectivity index (χ3v) is 10.1. The van der Waals surface area contributed by atoms with Gasteiger partial charge in [-0.1, -0.05) is 226 Å². The van der Waals surface area contributed by atoms with Crippen molar-refractivity contribution in [3.05, 3.63) is 240 Å². The highest BCUT2D eigenvalue weighted by Gasteiger charge is 2.37. The first kappa shape index (κ1) is 49.3. The van der Waals surface area contributed by atoms with Gasteiger partial charge in [0.1, 0.15) is 11.2 Å². The molecule has 7 aromatic carbocycles. The molecule has 6 nitrogen and oxygen atoms in total. The Bertz CT molecular complexity index is 2380. The summed E-state index contributed by atoms with van der Waals surface area (Å²) >= 11 is 0. The first-order chi connectivity index (χ1) is 30.5. The van der Waals surface area contributed by atoms with E-state index in [1.54, 1.807) is 36.4 Å². The summed E-state index contributed by atoms with van der Waals surface area (Å²) in [4.78, 5) is 47.6. The van der Waals surface area contributed by atoms with Crippen LogP contribution in [0.15, 0.2) is 206 Å². The van der Waals surface area contributed by atoms with E-state index in [0.29, 0.717) is 24.0 Å². The summed E-state index contributed by atoms with van der Waals surface area (Å²) in [7, 11) is 6.33. The summed E-state index contributed by atoms with van der Waals surface area (Å²) in [6.45, 7) is 2.98. The van der Waals surface area contributed by atoms with Crippen LogP contribution in [0.3, 0.4) is 0 Å². The number of Topliss-reactive ketones (excluding diaryl/α,β-unsaturated/α-hetero) is 2. The van der Waals surface area contributed by atoms with E-state index in [-0.39, 0.29) is 23.1 Å². The lowest BCUT2D eigenvalue weighted by Gasteiger charge is -2.30. The van der Waals surface area contributed by atoms with E-state index in [9.17, 15) is 29.4 Å². The molecule has 0 saturated heterocycles. The second-order valence-corrected chi connectivity index (χ2v) is 15.2.